The van der Waals surface area contributed by atoms with Crippen molar-refractivity contribution in [2.24, 2.45) is 4.99 Å². The number of rotatable bonds is 6. The Labute approximate surface area is 182 Å². The third kappa shape index (κ3) is 7.71. The maximum absolute atomic E-state index is 13.6. The van der Waals surface area contributed by atoms with Crippen LogP contribution in [0.1, 0.15) is 23.6 Å². The Bertz CT molecular complexity index is 797. The second kappa shape index (κ2) is 12.2. The summed E-state index contributed by atoms with van der Waals surface area (Å²) in [5.74, 6) is 0.427. The van der Waals surface area contributed by atoms with Gasteiger partial charge in [0.05, 0.1) is 13.7 Å². The number of hydrogen-bond acceptors (Lipinski definition) is 3. The number of carbonyl (C=O) groups excluding carboxylic acids is 1. The second-order valence-electron chi connectivity index (χ2n) is 5.95. The number of aryl methyl sites for hydroxylation is 1. The minimum Gasteiger partial charge on any atom is -0.453 e. The summed E-state index contributed by atoms with van der Waals surface area (Å²) >= 11 is 0. The highest BCUT2D eigenvalue weighted by molar-refractivity contribution is 14.0. The first-order valence-corrected chi connectivity index (χ1v) is 8.73. The predicted molar refractivity (Wildman–Crippen MR) is 121 cm³/mol. The number of hydrogen-bond donors (Lipinski definition) is 3. The van der Waals surface area contributed by atoms with Crippen molar-refractivity contribution in [3.63, 3.8) is 0 Å². The van der Waals surface area contributed by atoms with Gasteiger partial charge in [0.25, 0.3) is 0 Å². The summed E-state index contributed by atoms with van der Waals surface area (Å²) in [4.78, 5) is 15.7. The summed E-state index contributed by atoms with van der Waals surface area (Å²) < 4.78 is 18.2. The van der Waals surface area contributed by atoms with E-state index in [1.54, 1.807) is 25.1 Å². The molecule has 2 aromatic carbocycles. The standard InChI is InChI=1S/C20H25FN4O2.HI/c1-4-22-19(24-13-16-6-5-14(2)18(21)11-16)23-12-15-7-9-17(10-8-15)25-20(26)27-3;/h5-11H,4,12-13H2,1-3H3,(H,25,26)(H2,22,23,24);1H. The first kappa shape index (κ1) is 23.7. The molecule has 0 aromatic heterocycles. The Morgan fingerprint density at radius 1 is 1.11 bits per heavy atom. The smallest absolute Gasteiger partial charge is 0.411 e. The van der Waals surface area contributed by atoms with Gasteiger partial charge in [0.2, 0.25) is 0 Å². The van der Waals surface area contributed by atoms with Gasteiger partial charge in [0.15, 0.2) is 5.96 Å². The lowest BCUT2D eigenvalue weighted by Gasteiger charge is -2.12. The molecular weight excluding hydrogens is 474 g/mol. The van der Waals surface area contributed by atoms with Crippen molar-refractivity contribution in [3.8, 4) is 0 Å². The molecule has 0 radical (unpaired) electrons. The number of carbonyl (C=O) groups is 1. The summed E-state index contributed by atoms with van der Waals surface area (Å²) in [6.45, 7) is 5.38. The third-order valence-corrected chi connectivity index (χ3v) is 3.85. The number of benzene rings is 2. The largest absolute Gasteiger partial charge is 0.453 e. The molecule has 28 heavy (non-hydrogen) atoms. The van der Waals surface area contributed by atoms with Gasteiger partial charge in [0, 0.05) is 18.8 Å². The van der Waals surface area contributed by atoms with Crippen molar-refractivity contribution in [2.75, 3.05) is 19.0 Å². The summed E-state index contributed by atoms with van der Waals surface area (Å²) in [6.07, 6.45) is -0.505. The number of aliphatic imine (C=N–C) groups is 1. The van der Waals surface area contributed by atoms with Gasteiger partial charge in [-0.05, 0) is 48.7 Å². The number of ether oxygens (including phenoxy) is 1. The number of anilines is 1. The molecular formula is C20H26FIN4O2. The Morgan fingerprint density at radius 3 is 2.39 bits per heavy atom. The van der Waals surface area contributed by atoms with Crippen molar-refractivity contribution in [1.82, 2.24) is 10.6 Å². The van der Waals surface area contributed by atoms with E-state index in [1.165, 1.54) is 13.2 Å². The molecule has 2 rings (SSSR count). The zero-order chi connectivity index (χ0) is 19.6. The van der Waals surface area contributed by atoms with Gasteiger partial charge in [-0.1, -0.05) is 24.3 Å². The number of methoxy groups -OCH3 is 1. The molecule has 0 heterocycles. The Balaban J connectivity index is 0.00000392. The van der Waals surface area contributed by atoms with Gasteiger partial charge >= 0.3 is 6.09 Å². The van der Waals surface area contributed by atoms with E-state index in [4.69, 9.17) is 0 Å². The normalized spacial score (nSPS) is 10.6. The maximum atomic E-state index is 13.6. The topological polar surface area (TPSA) is 74.8 Å². The Hall–Kier alpha value is -2.36. The molecule has 0 aliphatic carbocycles. The molecule has 2 aromatic rings. The number of nitrogens with one attached hydrogen (secondary N) is 3. The van der Waals surface area contributed by atoms with Crippen LogP contribution in [-0.2, 0) is 17.8 Å². The molecule has 0 aliphatic heterocycles. The summed E-state index contributed by atoms with van der Waals surface area (Å²) in [5, 5.41) is 9.01. The van der Waals surface area contributed by atoms with Crippen LogP contribution < -0.4 is 16.0 Å². The lowest BCUT2D eigenvalue weighted by atomic mass is 10.1. The zero-order valence-corrected chi connectivity index (χ0v) is 18.5. The lowest BCUT2D eigenvalue weighted by Crippen LogP contribution is -2.36. The molecule has 6 nitrogen and oxygen atoms in total. The van der Waals surface area contributed by atoms with Crippen LogP contribution in [-0.4, -0.2) is 25.7 Å². The molecule has 0 unspecified atom stereocenters. The minimum atomic E-state index is -0.505. The maximum Gasteiger partial charge on any atom is 0.411 e. The Morgan fingerprint density at radius 2 is 1.79 bits per heavy atom. The molecule has 0 saturated heterocycles. The average Bonchev–Trinajstić information content (AvgIpc) is 2.67. The molecule has 0 aliphatic rings. The average molecular weight is 500 g/mol. The SMILES string of the molecule is CCNC(=NCc1ccc(C)c(F)c1)NCc1ccc(NC(=O)OC)cc1.I. The van der Waals surface area contributed by atoms with E-state index in [9.17, 15) is 9.18 Å². The molecule has 152 valence electrons. The third-order valence-electron chi connectivity index (χ3n) is 3.85. The van der Waals surface area contributed by atoms with Crippen molar-refractivity contribution >= 4 is 41.7 Å². The van der Waals surface area contributed by atoms with E-state index < -0.39 is 6.09 Å². The first-order valence-electron chi connectivity index (χ1n) is 8.73. The van der Waals surface area contributed by atoms with E-state index in [2.05, 4.69) is 25.7 Å². The zero-order valence-electron chi connectivity index (χ0n) is 16.2. The van der Waals surface area contributed by atoms with E-state index >= 15 is 0 Å². The molecule has 0 atom stereocenters. The first-order chi connectivity index (χ1) is 13.0. The molecule has 0 spiro atoms. The lowest BCUT2D eigenvalue weighted by molar-refractivity contribution is 0.187. The summed E-state index contributed by atoms with van der Waals surface area (Å²) in [5.41, 5.74) is 3.12. The fourth-order valence-electron chi connectivity index (χ4n) is 2.31. The number of guanidine groups is 1. The van der Waals surface area contributed by atoms with E-state index in [1.807, 2.05) is 25.1 Å². The highest BCUT2D eigenvalue weighted by Crippen LogP contribution is 2.11. The van der Waals surface area contributed by atoms with E-state index in [-0.39, 0.29) is 29.8 Å². The van der Waals surface area contributed by atoms with Crippen molar-refractivity contribution in [3.05, 3.63) is 65.0 Å². The second-order valence-corrected chi connectivity index (χ2v) is 5.95. The molecule has 1 amide bonds. The van der Waals surface area contributed by atoms with Gasteiger partial charge in [-0.2, -0.15) is 0 Å². The van der Waals surface area contributed by atoms with Crippen molar-refractivity contribution < 1.29 is 13.9 Å². The van der Waals surface area contributed by atoms with Crippen LogP contribution in [0.5, 0.6) is 0 Å². The number of halogens is 2. The van der Waals surface area contributed by atoms with Crippen LogP contribution in [0.15, 0.2) is 47.5 Å². The molecule has 0 fully saturated rings. The van der Waals surface area contributed by atoms with Crippen LogP contribution in [0.3, 0.4) is 0 Å². The Kier molecular flexibility index (Phi) is 10.3. The van der Waals surface area contributed by atoms with Gasteiger partial charge in [0.1, 0.15) is 5.82 Å². The summed E-state index contributed by atoms with van der Waals surface area (Å²) in [6, 6.07) is 12.5. The van der Waals surface area contributed by atoms with Crippen molar-refractivity contribution in [1.29, 1.82) is 0 Å². The monoisotopic (exact) mass is 500 g/mol. The summed E-state index contributed by atoms with van der Waals surface area (Å²) in [7, 11) is 1.32. The fraction of sp³-hybridized carbons (Fsp3) is 0.300. The van der Waals surface area contributed by atoms with Gasteiger partial charge < -0.3 is 15.4 Å². The molecule has 0 bridgehead atoms. The molecule has 0 saturated carbocycles. The van der Waals surface area contributed by atoms with E-state index in [0.717, 1.165) is 17.7 Å². The number of nitrogens with zero attached hydrogens (tertiary/aromatic N) is 1. The number of amides is 1. The highest BCUT2D eigenvalue weighted by atomic mass is 127. The van der Waals surface area contributed by atoms with Gasteiger partial charge in [-0.15, -0.1) is 24.0 Å². The van der Waals surface area contributed by atoms with Gasteiger partial charge in [-0.3, -0.25) is 5.32 Å². The fourth-order valence-corrected chi connectivity index (χ4v) is 2.31. The minimum absolute atomic E-state index is 0. The molecule has 3 N–H and O–H groups in total. The van der Waals surface area contributed by atoms with Crippen LogP contribution in [0.4, 0.5) is 14.9 Å². The van der Waals surface area contributed by atoms with Crippen LogP contribution in [0.2, 0.25) is 0 Å². The molecule has 8 heteroatoms. The van der Waals surface area contributed by atoms with E-state index in [0.29, 0.717) is 30.3 Å². The highest BCUT2D eigenvalue weighted by Gasteiger charge is 2.03. The van der Waals surface area contributed by atoms with Gasteiger partial charge in [-0.25, -0.2) is 14.2 Å². The van der Waals surface area contributed by atoms with Crippen LogP contribution >= 0.6 is 24.0 Å². The van der Waals surface area contributed by atoms with Crippen LogP contribution in [0.25, 0.3) is 0 Å². The van der Waals surface area contributed by atoms with Crippen LogP contribution in [0, 0.1) is 12.7 Å². The van der Waals surface area contributed by atoms with Crippen molar-refractivity contribution in [2.45, 2.75) is 26.9 Å². The quantitative estimate of drug-likeness (QED) is 0.316. The predicted octanol–water partition coefficient (Wildman–Crippen LogP) is 4.19.